The van der Waals surface area contributed by atoms with E-state index in [1.165, 1.54) is 11.1 Å². The Hall–Kier alpha value is -2.08. The summed E-state index contributed by atoms with van der Waals surface area (Å²) in [6.45, 7) is 4.08. The molecule has 0 unspecified atom stereocenters. The van der Waals surface area contributed by atoms with Crippen LogP contribution in [0.25, 0.3) is 6.08 Å². The van der Waals surface area contributed by atoms with Gasteiger partial charge in [-0.2, -0.15) is 0 Å². The summed E-state index contributed by atoms with van der Waals surface area (Å²) in [6.07, 6.45) is 5.10. The predicted octanol–water partition coefficient (Wildman–Crippen LogP) is 4.50. The van der Waals surface area contributed by atoms with Crippen LogP contribution in [0.15, 0.2) is 78.9 Å². The maximum absolute atomic E-state index is 4.08. The normalized spacial score (nSPS) is 10.6. The van der Waals surface area contributed by atoms with Crippen LogP contribution in [0.4, 0.5) is 0 Å². The number of rotatable bonds is 4. The molecule has 0 saturated heterocycles. The monoisotopic (exact) mass is 220 g/mol. The van der Waals surface area contributed by atoms with Crippen molar-refractivity contribution in [3.05, 3.63) is 90.0 Å². The molecule has 2 rings (SSSR count). The lowest BCUT2D eigenvalue weighted by molar-refractivity contribution is 1.21. The highest BCUT2D eigenvalue weighted by Crippen LogP contribution is 2.09. The van der Waals surface area contributed by atoms with Crippen LogP contribution >= 0.6 is 0 Å². The maximum atomic E-state index is 4.08. The van der Waals surface area contributed by atoms with E-state index in [-0.39, 0.29) is 0 Å². The molecule has 2 aromatic carbocycles. The van der Waals surface area contributed by atoms with Gasteiger partial charge in [0.1, 0.15) is 0 Å². The van der Waals surface area contributed by atoms with Crippen molar-refractivity contribution in [3.63, 3.8) is 0 Å². The van der Waals surface area contributed by atoms with Crippen LogP contribution < -0.4 is 0 Å². The summed E-state index contributed by atoms with van der Waals surface area (Å²) in [5.41, 5.74) is 3.64. The van der Waals surface area contributed by atoms with Gasteiger partial charge in [-0.3, -0.25) is 0 Å². The zero-order valence-electron chi connectivity index (χ0n) is 9.84. The van der Waals surface area contributed by atoms with Crippen molar-refractivity contribution < 1.29 is 0 Å². The second-order valence-electron chi connectivity index (χ2n) is 4.06. The third kappa shape index (κ3) is 3.76. The lowest BCUT2D eigenvalue weighted by Crippen LogP contribution is -1.85. The number of hydrogen-bond donors (Lipinski definition) is 0. The molecule has 0 aliphatic heterocycles. The van der Waals surface area contributed by atoms with E-state index in [2.05, 4.69) is 55.1 Å². The molecule has 0 amide bonds. The highest BCUT2D eigenvalue weighted by molar-refractivity contribution is 5.52. The van der Waals surface area contributed by atoms with Gasteiger partial charge < -0.3 is 0 Å². The van der Waals surface area contributed by atoms with E-state index in [1.54, 1.807) is 0 Å². The summed E-state index contributed by atoms with van der Waals surface area (Å²) >= 11 is 0. The quantitative estimate of drug-likeness (QED) is 0.665. The smallest absolute Gasteiger partial charge is 0.00316 e. The van der Waals surface area contributed by atoms with Crippen LogP contribution in [-0.2, 0) is 6.42 Å². The fourth-order valence-corrected chi connectivity index (χ4v) is 1.70. The van der Waals surface area contributed by atoms with Gasteiger partial charge in [0.15, 0.2) is 0 Å². The average molecular weight is 220 g/mol. The Morgan fingerprint density at radius 2 is 1.47 bits per heavy atom. The van der Waals surface area contributed by atoms with Crippen LogP contribution in [0, 0.1) is 0 Å². The first-order valence-corrected chi connectivity index (χ1v) is 5.79. The largest absolute Gasteiger partial charge is 0.0955 e. The lowest BCUT2D eigenvalue weighted by Gasteiger charge is -2.00. The molecule has 2 aromatic rings. The van der Waals surface area contributed by atoms with Gasteiger partial charge in [0.25, 0.3) is 0 Å². The Balaban J connectivity index is 1.96. The third-order valence-corrected chi connectivity index (χ3v) is 2.59. The summed E-state index contributed by atoms with van der Waals surface area (Å²) in [5.74, 6) is 0. The van der Waals surface area contributed by atoms with Crippen LogP contribution in [0.5, 0.6) is 0 Å². The van der Waals surface area contributed by atoms with Gasteiger partial charge in [0, 0.05) is 0 Å². The molecule has 0 heterocycles. The van der Waals surface area contributed by atoms with Crippen molar-refractivity contribution in [1.82, 2.24) is 0 Å². The van der Waals surface area contributed by atoms with Gasteiger partial charge in [-0.1, -0.05) is 85.0 Å². The topological polar surface area (TPSA) is 0 Å². The van der Waals surface area contributed by atoms with Crippen molar-refractivity contribution in [2.75, 3.05) is 0 Å². The second kappa shape index (κ2) is 5.86. The molecule has 84 valence electrons. The average Bonchev–Trinajstić information content (AvgIpc) is 2.39. The minimum Gasteiger partial charge on any atom is -0.0955 e. The van der Waals surface area contributed by atoms with E-state index in [0.29, 0.717) is 0 Å². The molecule has 0 aliphatic carbocycles. The molecule has 0 atom stereocenters. The molecule has 0 aromatic heterocycles. The molecule has 0 heteroatoms. The Morgan fingerprint density at radius 1 is 0.882 bits per heavy atom. The highest BCUT2D eigenvalue weighted by atomic mass is 14.0. The first kappa shape index (κ1) is 11.4. The van der Waals surface area contributed by atoms with Crippen molar-refractivity contribution >= 4 is 6.08 Å². The second-order valence-corrected chi connectivity index (χ2v) is 4.06. The van der Waals surface area contributed by atoms with Crippen LogP contribution in [0.2, 0.25) is 0 Å². The Labute approximate surface area is 103 Å². The Kier molecular flexibility index (Phi) is 3.93. The fraction of sp³-hybridized carbons (Fsp3) is 0.0588. The molecule has 0 bridgehead atoms. The first-order chi connectivity index (χ1) is 8.34. The molecule has 0 nitrogen and oxygen atoms in total. The molecule has 0 radical (unpaired) electrons. The Bertz CT molecular complexity index is 492. The van der Waals surface area contributed by atoms with Gasteiger partial charge in [0.05, 0.1) is 0 Å². The third-order valence-electron chi connectivity index (χ3n) is 2.59. The molecular weight excluding hydrogens is 204 g/mol. The lowest BCUT2D eigenvalue weighted by atomic mass is 10.1. The molecule has 17 heavy (non-hydrogen) atoms. The van der Waals surface area contributed by atoms with Crippen molar-refractivity contribution in [1.29, 1.82) is 0 Å². The van der Waals surface area contributed by atoms with E-state index < -0.39 is 0 Å². The summed E-state index contributed by atoms with van der Waals surface area (Å²) in [7, 11) is 0. The van der Waals surface area contributed by atoms with E-state index in [1.807, 2.05) is 24.3 Å². The van der Waals surface area contributed by atoms with Crippen LogP contribution in [-0.4, -0.2) is 0 Å². The summed E-state index contributed by atoms with van der Waals surface area (Å²) in [5, 5.41) is 0. The fourth-order valence-electron chi connectivity index (χ4n) is 1.70. The summed E-state index contributed by atoms with van der Waals surface area (Å²) in [4.78, 5) is 0. The van der Waals surface area contributed by atoms with Crippen molar-refractivity contribution in [2.24, 2.45) is 0 Å². The van der Waals surface area contributed by atoms with Crippen molar-refractivity contribution in [2.45, 2.75) is 6.42 Å². The van der Waals surface area contributed by atoms with Crippen molar-refractivity contribution in [3.8, 4) is 0 Å². The zero-order valence-corrected chi connectivity index (χ0v) is 9.84. The van der Waals surface area contributed by atoms with E-state index in [4.69, 9.17) is 0 Å². The molecule has 0 N–H and O–H groups in total. The SMILES string of the molecule is C=C(/C=C/c1ccccc1)Cc1ccccc1. The maximum Gasteiger partial charge on any atom is -0.00316 e. The Morgan fingerprint density at radius 3 is 2.12 bits per heavy atom. The minimum atomic E-state index is 0.907. The number of hydrogen-bond acceptors (Lipinski definition) is 0. The van der Waals surface area contributed by atoms with Gasteiger partial charge in [-0.15, -0.1) is 0 Å². The number of allylic oxidation sites excluding steroid dienone is 2. The van der Waals surface area contributed by atoms with E-state index in [9.17, 15) is 0 Å². The first-order valence-electron chi connectivity index (χ1n) is 5.79. The molecule has 0 saturated carbocycles. The minimum absolute atomic E-state index is 0.907. The van der Waals surface area contributed by atoms with Gasteiger partial charge in [-0.05, 0) is 17.5 Å². The van der Waals surface area contributed by atoms with Gasteiger partial charge in [0.2, 0.25) is 0 Å². The molecule has 0 aliphatic rings. The summed E-state index contributed by atoms with van der Waals surface area (Å²) < 4.78 is 0. The van der Waals surface area contributed by atoms with E-state index in [0.717, 1.165) is 12.0 Å². The van der Waals surface area contributed by atoms with E-state index >= 15 is 0 Å². The zero-order chi connectivity index (χ0) is 11.9. The molecular formula is C17H16. The van der Waals surface area contributed by atoms with Gasteiger partial charge in [-0.25, -0.2) is 0 Å². The molecule has 0 fully saturated rings. The standard InChI is InChI=1S/C17H16/c1-15(14-17-10-6-3-7-11-17)12-13-16-8-4-2-5-9-16/h2-13H,1,14H2/b13-12+. The number of benzene rings is 2. The molecule has 0 spiro atoms. The summed E-state index contributed by atoms with van der Waals surface area (Å²) in [6, 6.07) is 20.7. The van der Waals surface area contributed by atoms with Crippen LogP contribution in [0.1, 0.15) is 11.1 Å². The predicted molar refractivity (Wildman–Crippen MR) is 74.8 cm³/mol. The van der Waals surface area contributed by atoms with Crippen LogP contribution in [0.3, 0.4) is 0 Å². The van der Waals surface area contributed by atoms with Gasteiger partial charge >= 0.3 is 0 Å². The highest BCUT2D eigenvalue weighted by Gasteiger charge is 1.92.